The van der Waals surface area contributed by atoms with Crippen molar-refractivity contribution in [3.05, 3.63) is 58.6 Å². The Kier molecular flexibility index (Phi) is 5.86. The number of carbonyl (C=O) groups is 2. The second-order valence-corrected chi connectivity index (χ2v) is 6.84. The minimum atomic E-state index is -0.348. The predicted molar refractivity (Wildman–Crippen MR) is 107 cm³/mol. The van der Waals surface area contributed by atoms with Gasteiger partial charge in [-0.15, -0.1) is 0 Å². The van der Waals surface area contributed by atoms with E-state index in [0.717, 1.165) is 30.0 Å². The fraction of sp³-hybridized carbons (Fsp3) is 0.300. The molecule has 1 aliphatic heterocycles. The van der Waals surface area contributed by atoms with Crippen molar-refractivity contribution < 1.29 is 14.3 Å². The first kappa shape index (κ1) is 19.0. The average molecular weight is 388 g/mol. The first-order chi connectivity index (χ1) is 13.0. The molecule has 0 bridgehead atoms. The molecule has 7 heteroatoms. The van der Waals surface area contributed by atoms with Crippen LogP contribution < -0.4 is 10.2 Å². The normalized spacial score (nSPS) is 14.0. The number of nitrogens with one attached hydrogen (secondary N) is 1. The largest absolute Gasteiger partial charge is 0.465 e. The molecule has 0 aromatic heterocycles. The molecule has 0 saturated carbocycles. The quantitative estimate of drug-likeness (QED) is 0.814. The van der Waals surface area contributed by atoms with Gasteiger partial charge in [0.2, 0.25) is 0 Å². The molecule has 0 atom stereocenters. The number of benzene rings is 2. The molecule has 1 heterocycles. The highest BCUT2D eigenvalue weighted by Gasteiger charge is 2.22. The van der Waals surface area contributed by atoms with Crippen molar-refractivity contribution in [2.24, 2.45) is 0 Å². The van der Waals surface area contributed by atoms with Crippen LogP contribution >= 0.6 is 11.6 Å². The summed E-state index contributed by atoms with van der Waals surface area (Å²) in [6.45, 7) is 4.61. The van der Waals surface area contributed by atoms with Crippen LogP contribution in [0.25, 0.3) is 0 Å². The lowest BCUT2D eigenvalue weighted by molar-refractivity contribution is 0.0600. The van der Waals surface area contributed by atoms with Crippen molar-refractivity contribution in [2.45, 2.75) is 6.92 Å². The van der Waals surface area contributed by atoms with E-state index >= 15 is 0 Å². The van der Waals surface area contributed by atoms with E-state index in [2.05, 4.69) is 10.2 Å². The molecular weight excluding hydrogens is 366 g/mol. The van der Waals surface area contributed by atoms with E-state index in [1.165, 1.54) is 7.11 Å². The highest BCUT2D eigenvalue weighted by Crippen LogP contribution is 2.22. The van der Waals surface area contributed by atoms with Gasteiger partial charge >= 0.3 is 12.0 Å². The highest BCUT2D eigenvalue weighted by molar-refractivity contribution is 6.31. The Hall–Kier alpha value is -2.73. The van der Waals surface area contributed by atoms with Crippen molar-refractivity contribution in [3.63, 3.8) is 0 Å². The molecule has 0 radical (unpaired) electrons. The van der Waals surface area contributed by atoms with Gasteiger partial charge in [0.25, 0.3) is 0 Å². The molecule has 1 saturated heterocycles. The third-order valence-electron chi connectivity index (χ3n) is 4.66. The second-order valence-electron chi connectivity index (χ2n) is 6.40. The minimum Gasteiger partial charge on any atom is -0.465 e. The molecule has 0 aliphatic carbocycles. The number of esters is 1. The number of anilines is 2. The zero-order valence-corrected chi connectivity index (χ0v) is 16.1. The number of hydrogen-bond acceptors (Lipinski definition) is 4. The SMILES string of the molecule is COC(=O)c1ccc(N2CCN(C(=O)Nc3cc(Cl)ccc3C)CC2)cc1. The lowest BCUT2D eigenvalue weighted by Gasteiger charge is -2.36. The maximum atomic E-state index is 12.5. The molecule has 0 unspecified atom stereocenters. The number of aryl methyl sites for hydroxylation is 1. The van der Waals surface area contributed by atoms with Crippen LogP contribution in [0.4, 0.5) is 16.2 Å². The number of halogens is 1. The van der Waals surface area contributed by atoms with Gasteiger partial charge in [0, 0.05) is 42.6 Å². The third kappa shape index (κ3) is 4.52. The number of rotatable bonds is 3. The van der Waals surface area contributed by atoms with E-state index in [1.54, 1.807) is 29.2 Å². The van der Waals surface area contributed by atoms with Gasteiger partial charge in [-0.05, 0) is 48.9 Å². The Labute approximate surface area is 163 Å². The molecular formula is C20H22ClN3O3. The van der Waals surface area contributed by atoms with Crippen LogP contribution in [-0.2, 0) is 4.74 Å². The average Bonchev–Trinajstić information content (AvgIpc) is 2.70. The van der Waals surface area contributed by atoms with Crippen LogP contribution in [0, 0.1) is 6.92 Å². The summed E-state index contributed by atoms with van der Waals surface area (Å²) in [5, 5.41) is 3.53. The molecule has 142 valence electrons. The lowest BCUT2D eigenvalue weighted by atomic mass is 10.2. The molecule has 2 amide bonds. The molecule has 6 nitrogen and oxygen atoms in total. The van der Waals surface area contributed by atoms with Gasteiger partial charge in [0.15, 0.2) is 0 Å². The summed E-state index contributed by atoms with van der Waals surface area (Å²) < 4.78 is 4.71. The summed E-state index contributed by atoms with van der Waals surface area (Å²) in [6.07, 6.45) is 0. The minimum absolute atomic E-state index is 0.124. The van der Waals surface area contributed by atoms with Gasteiger partial charge in [0.05, 0.1) is 12.7 Å². The smallest absolute Gasteiger partial charge is 0.337 e. The summed E-state index contributed by atoms with van der Waals surface area (Å²) in [5.41, 5.74) is 3.25. The molecule has 0 spiro atoms. The number of hydrogen-bond donors (Lipinski definition) is 1. The van der Waals surface area contributed by atoms with Crippen molar-refractivity contribution in [1.29, 1.82) is 0 Å². The molecule has 1 N–H and O–H groups in total. The number of piperazine rings is 1. The van der Waals surface area contributed by atoms with Crippen LogP contribution in [-0.4, -0.2) is 50.2 Å². The molecule has 27 heavy (non-hydrogen) atoms. The number of amides is 2. The first-order valence-corrected chi connectivity index (χ1v) is 9.11. The monoisotopic (exact) mass is 387 g/mol. The van der Waals surface area contributed by atoms with Crippen molar-refractivity contribution in [3.8, 4) is 0 Å². The summed E-state index contributed by atoms with van der Waals surface area (Å²) in [4.78, 5) is 28.0. The van der Waals surface area contributed by atoms with E-state index in [9.17, 15) is 9.59 Å². The summed E-state index contributed by atoms with van der Waals surface area (Å²) in [5.74, 6) is -0.348. The van der Waals surface area contributed by atoms with Crippen molar-refractivity contribution in [1.82, 2.24) is 4.90 Å². The Balaban J connectivity index is 1.57. The van der Waals surface area contributed by atoms with Crippen LogP contribution in [0.2, 0.25) is 5.02 Å². The van der Waals surface area contributed by atoms with Gasteiger partial charge in [-0.1, -0.05) is 17.7 Å². The summed E-state index contributed by atoms with van der Waals surface area (Å²) >= 11 is 6.01. The van der Waals surface area contributed by atoms with E-state index in [1.807, 2.05) is 25.1 Å². The predicted octanol–water partition coefficient (Wildman–Crippen LogP) is 3.79. The molecule has 3 rings (SSSR count). The van der Waals surface area contributed by atoms with E-state index in [0.29, 0.717) is 23.7 Å². The maximum Gasteiger partial charge on any atom is 0.337 e. The molecule has 2 aromatic rings. The Morgan fingerprint density at radius 2 is 1.70 bits per heavy atom. The second kappa shape index (κ2) is 8.31. The van der Waals surface area contributed by atoms with E-state index in [-0.39, 0.29) is 12.0 Å². The lowest BCUT2D eigenvalue weighted by Crippen LogP contribution is -2.50. The van der Waals surface area contributed by atoms with Gasteiger partial charge in [-0.2, -0.15) is 0 Å². The van der Waals surface area contributed by atoms with Crippen LogP contribution in [0.15, 0.2) is 42.5 Å². The first-order valence-electron chi connectivity index (χ1n) is 8.73. The van der Waals surface area contributed by atoms with E-state index < -0.39 is 0 Å². The highest BCUT2D eigenvalue weighted by atomic mass is 35.5. The number of carbonyl (C=O) groups excluding carboxylic acids is 2. The summed E-state index contributed by atoms with van der Waals surface area (Å²) in [7, 11) is 1.37. The number of nitrogens with zero attached hydrogens (tertiary/aromatic N) is 2. The Morgan fingerprint density at radius 1 is 1.04 bits per heavy atom. The van der Waals surface area contributed by atoms with Crippen molar-refractivity contribution >= 4 is 35.0 Å². The zero-order chi connectivity index (χ0) is 19.4. The zero-order valence-electron chi connectivity index (χ0n) is 15.4. The van der Waals surface area contributed by atoms with Gasteiger partial charge in [-0.25, -0.2) is 9.59 Å². The Bertz CT molecular complexity index is 831. The number of methoxy groups -OCH3 is 1. The molecule has 1 fully saturated rings. The fourth-order valence-corrected chi connectivity index (χ4v) is 3.19. The van der Waals surface area contributed by atoms with Crippen molar-refractivity contribution in [2.75, 3.05) is 43.5 Å². The Morgan fingerprint density at radius 3 is 2.33 bits per heavy atom. The topological polar surface area (TPSA) is 61.9 Å². The van der Waals surface area contributed by atoms with Gasteiger partial charge in [0.1, 0.15) is 0 Å². The van der Waals surface area contributed by atoms with Gasteiger partial charge in [-0.3, -0.25) is 0 Å². The van der Waals surface area contributed by atoms with Crippen LogP contribution in [0.5, 0.6) is 0 Å². The number of ether oxygens (including phenoxy) is 1. The third-order valence-corrected chi connectivity index (χ3v) is 4.90. The molecule has 1 aliphatic rings. The van der Waals surface area contributed by atoms with E-state index in [4.69, 9.17) is 16.3 Å². The van der Waals surface area contributed by atoms with Gasteiger partial charge < -0.3 is 19.9 Å². The van der Waals surface area contributed by atoms with Crippen LogP contribution in [0.1, 0.15) is 15.9 Å². The summed E-state index contributed by atoms with van der Waals surface area (Å²) in [6, 6.07) is 12.6. The molecule has 2 aromatic carbocycles. The number of urea groups is 1. The van der Waals surface area contributed by atoms with Crippen LogP contribution in [0.3, 0.4) is 0 Å². The maximum absolute atomic E-state index is 12.5. The fourth-order valence-electron chi connectivity index (χ4n) is 3.02. The standard InChI is InChI=1S/C20H22ClN3O3/c1-14-3-6-16(21)13-18(14)22-20(26)24-11-9-23(10-12-24)17-7-4-15(5-8-17)19(25)27-2/h3-8,13H,9-12H2,1-2H3,(H,22,26).